The summed E-state index contributed by atoms with van der Waals surface area (Å²) in [6.07, 6.45) is 0.903. The van der Waals surface area contributed by atoms with E-state index in [1.807, 2.05) is 0 Å². The number of thioether (sulfide) groups is 1. The molecule has 196 valence electrons. The van der Waals surface area contributed by atoms with Crippen LogP contribution in [0.4, 0.5) is 10.1 Å². The minimum Gasteiger partial charge on any atom is -0.352 e. The van der Waals surface area contributed by atoms with Crippen LogP contribution in [0, 0.1) is 11.7 Å². The Morgan fingerprint density at radius 2 is 1.71 bits per heavy atom. The fourth-order valence-corrected chi connectivity index (χ4v) is 4.60. The van der Waals surface area contributed by atoms with E-state index < -0.39 is 11.7 Å². The van der Waals surface area contributed by atoms with Crippen LogP contribution in [0.3, 0.4) is 0 Å². The fourth-order valence-electron chi connectivity index (χ4n) is 3.80. The quantitative estimate of drug-likeness (QED) is 0.219. The molecule has 0 fully saturated rings. The van der Waals surface area contributed by atoms with Crippen LogP contribution in [0.5, 0.6) is 0 Å². The van der Waals surface area contributed by atoms with E-state index in [-0.39, 0.29) is 29.5 Å². The molecule has 2 amide bonds. The number of hydrogen-bond donors (Lipinski definition) is 2. The first-order chi connectivity index (χ1) is 18.3. The van der Waals surface area contributed by atoms with Crippen LogP contribution in [-0.4, -0.2) is 33.7 Å². The Kier molecular flexibility index (Phi) is 8.91. The molecule has 1 aromatic heterocycles. The molecule has 0 aliphatic heterocycles. The van der Waals surface area contributed by atoms with Crippen molar-refractivity contribution < 1.29 is 14.0 Å². The fraction of sp³-hybridized carbons (Fsp3) is 0.241. The van der Waals surface area contributed by atoms with Gasteiger partial charge in [0.05, 0.1) is 28.9 Å². The van der Waals surface area contributed by atoms with Gasteiger partial charge >= 0.3 is 0 Å². The molecule has 1 heterocycles. The molecule has 0 aliphatic carbocycles. The summed E-state index contributed by atoms with van der Waals surface area (Å²) >= 11 is 1.10. The number of carbonyl (C=O) groups is 2. The summed E-state index contributed by atoms with van der Waals surface area (Å²) in [5.74, 6) is -0.636. The number of nitrogens with one attached hydrogen (secondary N) is 2. The molecule has 0 radical (unpaired) electrons. The Bertz CT molecular complexity index is 1500. The van der Waals surface area contributed by atoms with Gasteiger partial charge in [-0.1, -0.05) is 62.0 Å². The average molecular weight is 533 g/mol. The lowest BCUT2D eigenvalue weighted by atomic mass is 10.1. The molecular formula is C29H29FN4O3S. The summed E-state index contributed by atoms with van der Waals surface area (Å²) < 4.78 is 15.4. The minimum atomic E-state index is -0.524. The number of halogens is 1. The molecule has 0 atom stereocenters. The number of amides is 2. The van der Waals surface area contributed by atoms with Gasteiger partial charge in [-0.3, -0.25) is 19.0 Å². The van der Waals surface area contributed by atoms with Gasteiger partial charge in [-0.25, -0.2) is 9.37 Å². The number of carbonyl (C=O) groups excluding carboxylic acids is 2. The number of anilines is 1. The molecule has 7 nitrogen and oxygen atoms in total. The van der Waals surface area contributed by atoms with Gasteiger partial charge in [-0.05, 0) is 54.3 Å². The molecule has 2 N–H and O–H groups in total. The zero-order valence-electron chi connectivity index (χ0n) is 21.2. The summed E-state index contributed by atoms with van der Waals surface area (Å²) in [7, 11) is 0. The molecule has 0 saturated heterocycles. The topological polar surface area (TPSA) is 93.1 Å². The predicted octanol–water partition coefficient (Wildman–Crippen LogP) is 5.09. The minimum absolute atomic E-state index is 0.0609. The zero-order valence-corrected chi connectivity index (χ0v) is 22.1. The lowest BCUT2D eigenvalue weighted by Crippen LogP contribution is -2.26. The first-order valence-corrected chi connectivity index (χ1v) is 13.3. The van der Waals surface area contributed by atoms with E-state index in [2.05, 4.69) is 29.5 Å². The standard InChI is InChI=1S/C29H29FN4O3S/c1-19(2)15-16-31-27(36)21-13-11-20(12-14-21)17-34-28(37)22-7-3-5-9-24(22)33-29(34)38-18-26(35)32-25-10-6-4-8-23(25)30/h3-14,19H,15-18H2,1-2H3,(H,31,36)(H,32,35). The second kappa shape index (κ2) is 12.5. The Labute approximate surface area is 224 Å². The molecular weight excluding hydrogens is 503 g/mol. The molecule has 0 saturated carbocycles. The van der Waals surface area contributed by atoms with Crippen LogP contribution in [0.2, 0.25) is 0 Å². The molecule has 0 aliphatic rings. The molecule has 38 heavy (non-hydrogen) atoms. The Morgan fingerprint density at radius 1 is 1.00 bits per heavy atom. The smallest absolute Gasteiger partial charge is 0.262 e. The Balaban J connectivity index is 1.53. The highest BCUT2D eigenvalue weighted by Gasteiger charge is 2.15. The second-order valence-electron chi connectivity index (χ2n) is 9.25. The van der Waals surface area contributed by atoms with Crippen molar-refractivity contribution in [3.8, 4) is 0 Å². The summed E-state index contributed by atoms with van der Waals surface area (Å²) in [6.45, 7) is 5.03. The molecule has 4 rings (SSSR count). The molecule has 0 bridgehead atoms. The molecule has 9 heteroatoms. The van der Waals surface area contributed by atoms with Gasteiger partial charge in [0.2, 0.25) is 5.91 Å². The highest BCUT2D eigenvalue weighted by molar-refractivity contribution is 7.99. The summed E-state index contributed by atoms with van der Waals surface area (Å²) in [5.41, 5.74) is 1.74. The van der Waals surface area contributed by atoms with E-state index in [0.29, 0.717) is 34.1 Å². The van der Waals surface area contributed by atoms with Crippen molar-refractivity contribution in [3.63, 3.8) is 0 Å². The first kappa shape index (κ1) is 27.1. The molecule has 4 aromatic rings. The maximum absolute atomic E-state index is 13.9. The number of benzene rings is 3. The predicted molar refractivity (Wildman–Crippen MR) is 149 cm³/mol. The number of rotatable bonds is 10. The van der Waals surface area contributed by atoms with Gasteiger partial charge in [0.15, 0.2) is 5.16 Å². The molecule has 3 aromatic carbocycles. The third-order valence-corrected chi connectivity index (χ3v) is 6.85. The summed E-state index contributed by atoms with van der Waals surface area (Å²) in [5, 5.41) is 6.30. The van der Waals surface area contributed by atoms with E-state index in [0.717, 1.165) is 23.7 Å². The number of hydrogen-bond acceptors (Lipinski definition) is 5. The zero-order chi connectivity index (χ0) is 27.1. The maximum Gasteiger partial charge on any atom is 0.262 e. The van der Waals surface area contributed by atoms with Crippen molar-refractivity contribution in [3.05, 3.63) is 100 Å². The van der Waals surface area contributed by atoms with E-state index >= 15 is 0 Å². The van der Waals surface area contributed by atoms with Crippen molar-refractivity contribution in [2.45, 2.75) is 32.0 Å². The average Bonchev–Trinajstić information content (AvgIpc) is 2.91. The lowest BCUT2D eigenvalue weighted by Gasteiger charge is -2.14. The molecule has 0 spiro atoms. The van der Waals surface area contributed by atoms with Gasteiger partial charge in [0, 0.05) is 12.1 Å². The van der Waals surface area contributed by atoms with Crippen molar-refractivity contribution in [1.29, 1.82) is 0 Å². The largest absolute Gasteiger partial charge is 0.352 e. The molecule has 0 unspecified atom stereocenters. The van der Waals surface area contributed by atoms with Crippen molar-refractivity contribution >= 4 is 40.2 Å². The van der Waals surface area contributed by atoms with Crippen LogP contribution in [0.25, 0.3) is 10.9 Å². The van der Waals surface area contributed by atoms with Crippen LogP contribution in [0.1, 0.15) is 36.2 Å². The third kappa shape index (κ3) is 6.86. The second-order valence-corrected chi connectivity index (χ2v) is 10.2. The lowest BCUT2D eigenvalue weighted by molar-refractivity contribution is -0.113. The Morgan fingerprint density at radius 3 is 2.45 bits per heavy atom. The van der Waals surface area contributed by atoms with E-state index in [1.165, 1.54) is 16.7 Å². The van der Waals surface area contributed by atoms with Crippen molar-refractivity contribution in [2.75, 3.05) is 17.6 Å². The van der Waals surface area contributed by atoms with Gasteiger partial charge in [0.25, 0.3) is 11.5 Å². The number of nitrogens with zero attached hydrogens (tertiary/aromatic N) is 2. The SMILES string of the molecule is CC(C)CCNC(=O)c1ccc(Cn2c(SCC(=O)Nc3ccccc3F)nc3ccccc3c2=O)cc1. The van der Waals surface area contributed by atoms with E-state index in [1.54, 1.807) is 60.7 Å². The maximum atomic E-state index is 13.9. The summed E-state index contributed by atoms with van der Waals surface area (Å²) in [6, 6.07) is 20.0. The normalized spacial score (nSPS) is 11.1. The highest BCUT2D eigenvalue weighted by atomic mass is 32.2. The van der Waals surface area contributed by atoms with Gasteiger partial charge in [-0.15, -0.1) is 0 Å². The van der Waals surface area contributed by atoms with E-state index in [4.69, 9.17) is 0 Å². The monoisotopic (exact) mass is 532 g/mol. The van der Waals surface area contributed by atoms with Crippen molar-refractivity contribution in [1.82, 2.24) is 14.9 Å². The van der Waals surface area contributed by atoms with Crippen LogP contribution in [0.15, 0.2) is 82.7 Å². The highest BCUT2D eigenvalue weighted by Crippen LogP contribution is 2.20. The van der Waals surface area contributed by atoms with Gasteiger partial charge in [0.1, 0.15) is 5.82 Å². The number of para-hydroxylation sites is 2. The van der Waals surface area contributed by atoms with Crippen LogP contribution >= 0.6 is 11.8 Å². The van der Waals surface area contributed by atoms with Gasteiger partial charge < -0.3 is 10.6 Å². The first-order valence-electron chi connectivity index (χ1n) is 12.4. The third-order valence-electron chi connectivity index (χ3n) is 5.87. The van der Waals surface area contributed by atoms with Crippen LogP contribution < -0.4 is 16.2 Å². The van der Waals surface area contributed by atoms with Crippen molar-refractivity contribution in [2.24, 2.45) is 5.92 Å². The number of fused-ring (bicyclic) bond motifs is 1. The number of aromatic nitrogens is 2. The van der Waals surface area contributed by atoms with Crippen LogP contribution in [-0.2, 0) is 11.3 Å². The Hall–Kier alpha value is -3.98. The summed E-state index contributed by atoms with van der Waals surface area (Å²) in [4.78, 5) is 42.9. The van der Waals surface area contributed by atoms with E-state index in [9.17, 15) is 18.8 Å². The van der Waals surface area contributed by atoms with Gasteiger partial charge in [-0.2, -0.15) is 0 Å².